The minimum atomic E-state index is -0.385. The Morgan fingerprint density at radius 3 is 2.79 bits per heavy atom. The van der Waals surface area contributed by atoms with Crippen molar-refractivity contribution in [1.82, 2.24) is 20.3 Å². The Hall–Kier alpha value is -1.97. The highest BCUT2D eigenvalue weighted by molar-refractivity contribution is 5.91. The minimum Gasteiger partial charge on any atom is -0.366 e. The van der Waals surface area contributed by atoms with Crippen LogP contribution in [0.5, 0.6) is 0 Å². The summed E-state index contributed by atoms with van der Waals surface area (Å²) in [6.45, 7) is 6.51. The molecule has 2 N–H and O–H groups in total. The van der Waals surface area contributed by atoms with Crippen LogP contribution in [-0.4, -0.2) is 85.3 Å². The molecular formula is C15H23N5O4. The second kappa shape index (κ2) is 7.73. The molecule has 0 aromatic carbocycles. The number of hydrogen-bond donors (Lipinski definition) is 2. The van der Waals surface area contributed by atoms with Gasteiger partial charge in [-0.15, -0.1) is 0 Å². The summed E-state index contributed by atoms with van der Waals surface area (Å²) in [6, 6.07) is 1.67. The van der Waals surface area contributed by atoms with E-state index in [1.165, 1.54) is 0 Å². The molecule has 0 radical (unpaired) electrons. The summed E-state index contributed by atoms with van der Waals surface area (Å²) in [7, 11) is 0. The van der Waals surface area contributed by atoms with Crippen LogP contribution in [0, 0.1) is 6.92 Å². The number of morpholine rings is 1. The van der Waals surface area contributed by atoms with Crippen LogP contribution in [0.2, 0.25) is 0 Å². The topological polar surface area (TPSA) is 99.9 Å². The third-order valence-electron chi connectivity index (χ3n) is 4.15. The summed E-state index contributed by atoms with van der Waals surface area (Å²) in [5.74, 6) is 0.970. The van der Waals surface area contributed by atoms with Crippen molar-refractivity contribution in [3.8, 4) is 0 Å². The number of nitrogens with zero attached hydrogens (tertiary/aromatic N) is 3. The van der Waals surface area contributed by atoms with Gasteiger partial charge in [-0.2, -0.15) is 0 Å². The van der Waals surface area contributed by atoms with Crippen molar-refractivity contribution in [3.63, 3.8) is 0 Å². The highest BCUT2D eigenvalue weighted by Gasteiger charge is 2.29. The van der Waals surface area contributed by atoms with Gasteiger partial charge in [0.1, 0.15) is 11.9 Å². The summed E-state index contributed by atoms with van der Waals surface area (Å²) in [5.41, 5.74) is 0. The maximum absolute atomic E-state index is 12.4. The second-order valence-corrected chi connectivity index (χ2v) is 6.04. The molecule has 24 heavy (non-hydrogen) atoms. The van der Waals surface area contributed by atoms with Crippen molar-refractivity contribution in [3.05, 3.63) is 11.8 Å². The Balaban J connectivity index is 1.41. The molecule has 3 heterocycles. The first-order chi connectivity index (χ1) is 11.6. The molecule has 2 aliphatic heterocycles. The first-order valence-electron chi connectivity index (χ1n) is 8.18. The van der Waals surface area contributed by atoms with E-state index in [0.29, 0.717) is 50.9 Å². The average molecular weight is 337 g/mol. The van der Waals surface area contributed by atoms with Gasteiger partial charge < -0.3 is 24.8 Å². The minimum absolute atomic E-state index is 0.0318. The molecule has 0 saturated carbocycles. The van der Waals surface area contributed by atoms with Crippen LogP contribution in [0.1, 0.15) is 5.76 Å². The van der Waals surface area contributed by atoms with Gasteiger partial charge >= 0.3 is 0 Å². The lowest BCUT2D eigenvalue weighted by Gasteiger charge is -2.36. The molecule has 2 aliphatic rings. The zero-order valence-electron chi connectivity index (χ0n) is 13.8. The summed E-state index contributed by atoms with van der Waals surface area (Å²) < 4.78 is 10.4. The lowest BCUT2D eigenvalue weighted by atomic mass is 10.2. The molecule has 1 aromatic rings. The number of carbonyl (C=O) groups excluding carboxylic acids is 2. The molecule has 1 atom stereocenters. The number of nitrogens with one attached hydrogen (secondary N) is 2. The molecular weight excluding hydrogens is 314 g/mol. The van der Waals surface area contributed by atoms with E-state index in [-0.39, 0.29) is 24.5 Å². The molecule has 3 rings (SSSR count). The standard InChI is InChI=1S/C15H23N5O4/c1-11-8-13(18-24-11)17-14(21)10-19-3-5-20(6-4-19)15(22)12-9-16-2-7-23-12/h8,12,16H,2-7,9-10H2,1H3,(H,17,18,21). The van der Waals surface area contributed by atoms with Gasteiger partial charge in [-0.05, 0) is 6.92 Å². The van der Waals surface area contributed by atoms with E-state index in [0.717, 1.165) is 6.54 Å². The van der Waals surface area contributed by atoms with Crippen LogP contribution >= 0.6 is 0 Å². The van der Waals surface area contributed by atoms with Crippen molar-refractivity contribution >= 4 is 17.6 Å². The molecule has 1 aromatic heterocycles. The molecule has 0 spiro atoms. The number of aryl methyl sites for hydroxylation is 1. The summed E-state index contributed by atoms with van der Waals surface area (Å²) in [5, 5.41) is 9.60. The van der Waals surface area contributed by atoms with E-state index in [1.54, 1.807) is 13.0 Å². The van der Waals surface area contributed by atoms with Gasteiger partial charge in [-0.3, -0.25) is 14.5 Å². The van der Waals surface area contributed by atoms with Crippen molar-refractivity contribution < 1.29 is 18.8 Å². The third kappa shape index (κ3) is 4.31. The van der Waals surface area contributed by atoms with Crippen molar-refractivity contribution in [2.45, 2.75) is 13.0 Å². The van der Waals surface area contributed by atoms with Crippen LogP contribution in [0.4, 0.5) is 5.82 Å². The predicted molar refractivity (Wildman–Crippen MR) is 85.5 cm³/mol. The highest BCUT2D eigenvalue weighted by Crippen LogP contribution is 2.09. The Morgan fingerprint density at radius 1 is 1.38 bits per heavy atom. The van der Waals surface area contributed by atoms with E-state index in [4.69, 9.17) is 9.26 Å². The zero-order valence-corrected chi connectivity index (χ0v) is 13.8. The fourth-order valence-electron chi connectivity index (χ4n) is 2.86. The maximum atomic E-state index is 12.4. The monoisotopic (exact) mass is 337 g/mol. The summed E-state index contributed by atoms with van der Waals surface area (Å²) >= 11 is 0. The zero-order chi connectivity index (χ0) is 16.9. The molecule has 0 bridgehead atoms. The molecule has 2 fully saturated rings. The van der Waals surface area contributed by atoms with E-state index in [2.05, 4.69) is 15.8 Å². The maximum Gasteiger partial charge on any atom is 0.253 e. The second-order valence-electron chi connectivity index (χ2n) is 6.04. The quantitative estimate of drug-likeness (QED) is 0.731. The molecule has 132 valence electrons. The number of anilines is 1. The molecule has 2 amide bonds. The van der Waals surface area contributed by atoms with Crippen LogP contribution in [0.25, 0.3) is 0 Å². The lowest BCUT2D eigenvalue weighted by molar-refractivity contribution is -0.147. The summed E-state index contributed by atoms with van der Waals surface area (Å²) in [6.07, 6.45) is -0.385. The van der Waals surface area contributed by atoms with Gasteiger partial charge in [-0.1, -0.05) is 5.16 Å². The number of piperazine rings is 1. The first-order valence-corrected chi connectivity index (χ1v) is 8.18. The third-order valence-corrected chi connectivity index (χ3v) is 4.15. The summed E-state index contributed by atoms with van der Waals surface area (Å²) in [4.78, 5) is 28.2. The lowest BCUT2D eigenvalue weighted by Crippen LogP contribution is -2.55. The van der Waals surface area contributed by atoms with Crippen molar-refractivity contribution in [1.29, 1.82) is 0 Å². The number of carbonyl (C=O) groups is 2. The van der Waals surface area contributed by atoms with E-state index in [9.17, 15) is 9.59 Å². The smallest absolute Gasteiger partial charge is 0.253 e. The van der Waals surface area contributed by atoms with E-state index in [1.807, 2.05) is 9.80 Å². The molecule has 1 unspecified atom stereocenters. The fraction of sp³-hybridized carbons (Fsp3) is 0.667. The van der Waals surface area contributed by atoms with Crippen molar-refractivity contribution in [2.24, 2.45) is 0 Å². The van der Waals surface area contributed by atoms with Crippen LogP contribution in [0.3, 0.4) is 0 Å². The molecule has 0 aliphatic carbocycles. The normalized spacial score (nSPS) is 22.4. The fourth-order valence-corrected chi connectivity index (χ4v) is 2.86. The van der Waals surface area contributed by atoms with Gasteiger partial charge in [0, 0.05) is 45.3 Å². The van der Waals surface area contributed by atoms with Crippen LogP contribution in [-0.2, 0) is 14.3 Å². The number of ether oxygens (including phenoxy) is 1. The van der Waals surface area contributed by atoms with Gasteiger partial charge in [0.25, 0.3) is 5.91 Å². The van der Waals surface area contributed by atoms with Gasteiger partial charge in [0.15, 0.2) is 5.82 Å². The van der Waals surface area contributed by atoms with Gasteiger partial charge in [0.05, 0.1) is 13.2 Å². The van der Waals surface area contributed by atoms with Gasteiger partial charge in [0.2, 0.25) is 5.91 Å². The van der Waals surface area contributed by atoms with E-state index >= 15 is 0 Å². The molecule has 2 saturated heterocycles. The number of hydrogen-bond acceptors (Lipinski definition) is 7. The SMILES string of the molecule is Cc1cc(NC(=O)CN2CCN(C(=O)C3CNCCO3)CC2)no1. The van der Waals surface area contributed by atoms with Gasteiger partial charge in [-0.25, -0.2) is 0 Å². The molecule has 9 nitrogen and oxygen atoms in total. The number of aromatic nitrogens is 1. The van der Waals surface area contributed by atoms with E-state index < -0.39 is 0 Å². The number of amides is 2. The Kier molecular flexibility index (Phi) is 5.44. The Morgan fingerprint density at radius 2 is 2.17 bits per heavy atom. The Labute approximate surface area is 140 Å². The largest absolute Gasteiger partial charge is 0.366 e. The highest BCUT2D eigenvalue weighted by atomic mass is 16.5. The molecule has 9 heteroatoms. The van der Waals surface area contributed by atoms with Crippen LogP contribution < -0.4 is 10.6 Å². The predicted octanol–water partition coefficient (Wildman–Crippen LogP) is -0.946. The number of rotatable bonds is 4. The average Bonchev–Trinajstić information content (AvgIpc) is 3.00. The first kappa shape index (κ1) is 16.9. The van der Waals surface area contributed by atoms with Crippen LogP contribution in [0.15, 0.2) is 10.6 Å². The van der Waals surface area contributed by atoms with Crippen molar-refractivity contribution in [2.75, 3.05) is 57.7 Å². The Bertz CT molecular complexity index is 576.